The van der Waals surface area contributed by atoms with Gasteiger partial charge >= 0.3 is 0 Å². The molecule has 2 heterocycles. The van der Waals surface area contributed by atoms with Crippen LogP contribution in [-0.4, -0.2) is 46.1 Å². The van der Waals surface area contributed by atoms with Crippen LogP contribution in [0.15, 0.2) is 5.38 Å². The number of aromatic nitrogens is 1. The van der Waals surface area contributed by atoms with E-state index in [1.54, 1.807) is 11.3 Å². The largest absolute Gasteiger partial charge is 0.379 e. The Morgan fingerprint density at radius 2 is 2.38 bits per heavy atom. The van der Waals surface area contributed by atoms with E-state index in [-0.39, 0.29) is 5.91 Å². The molecule has 2 N–H and O–H groups in total. The Kier molecular flexibility index (Phi) is 4.28. The number of carbonyl (C=O) groups is 1. The van der Waals surface area contributed by atoms with Crippen molar-refractivity contribution in [1.82, 2.24) is 15.2 Å². The molecule has 0 unspecified atom stereocenters. The van der Waals surface area contributed by atoms with Crippen molar-refractivity contribution >= 4 is 17.2 Å². The second-order valence-corrected chi connectivity index (χ2v) is 7.26. The van der Waals surface area contributed by atoms with Crippen molar-refractivity contribution in [3.63, 3.8) is 0 Å². The maximum atomic E-state index is 12.5. The zero-order chi connectivity index (χ0) is 14.9. The first-order valence-corrected chi connectivity index (χ1v) is 8.58. The molecule has 116 valence electrons. The second-order valence-electron chi connectivity index (χ2n) is 6.32. The van der Waals surface area contributed by atoms with Crippen molar-refractivity contribution in [2.24, 2.45) is 5.92 Å². The van der Waals surface area contributed by atoms with Gasteiger partial charge in [0, 0.05) is 37.3 Å². The minimum absolute atomic E-state index is 0.0940. The topological polar surface area (TPSA) is 65.5 Å². The third kappa shape index (κ3) is 3.62. The lowest BCUT2D eigenvalue weighted by molar-refractivity contribution is -0.156. The van der Waals surface area contributed by atoms with Gasteiger partial charge in [-0.25, -0.2) is 4.98 Å². The van der Waals surface area contributed by atoms with E-state index in [2.05, 4.69) is 10.3 Å². The fourth-order valence-electron chi connectivity index (χ4n) is 2.88. The SMILES string of the molecule is Cc1csc(CNC[C@@]2(O)CCCN(CC3CC3)C2=O)n1. The predicted octanol–water partition coefficient (Wildman–Crippen LogP) is 1.30. The number of hydrogen-bond donors (Lipinski definition) is 2. The fraction of sp³-hybridized carbons (Fsp3) is 0.733. The van der Waals surface area contributed by atoms with Crippen LogP contribution in [0.2, 0.25) is 0 Å². The van der Waals surface area contributed by atoms with Crippen molar-refractivity contribution in [3.05, 3.63) is 16.1 Å². The van der Waals surface area contributed by atoms with Gasteiger partial charge in [-0.2, -0.15) is 0 Å². The number of hydrogen-bond acceptors (Lipinski definition) is 5. The van der Waals surface area contributed by atoms with Crippen molar-refractivity contribution in [3.8, 4) is 0 Å². The van der Waals surface area contributed by atoms with Crippen molar-refractivity contribution in [2.45, 2.75) is 44.8 Å². The van der Waals surface area contributed by atoms with Crippen LogP contribution in [0.3, 0.4) is 0 Å². The van der Waals surface area contributed by atoms with Gasteiger partial charge in [0.15, 0.2) is 5.60 Å². The van der Waals surface area contributed by atoms with Gasteiger partial charge in [-0.05, 0) is 38.5 Å². The third-order valence-electron chi connectivity index (χ3n) is 4.24. The molecular formula is C15H23N3O2S. The van der Waals surface area contributed by atoms with Gasteiger partial charge in [0.1, 0.15) is 5.01 Å². The molecule has 2 fully saturated rings. The summed E-state index contributed by atoms with van der Waals surface area (Å²) in [5.41, 5.74) is -0.223. The number of likely N-dealkylation sites (tertiary alicyclic amines) is 1. The van der Waals surface area contributed by atoms with E-state index in [1.165, 1.54) is 12.8 Å². The summed E-state index contributed by atoms with van der Waals surface area (Å²) in [6, 6.07) is 0. The lowest BCUT2D eigenvalue weighted by Gasteiger charge is -2.38. The molecule has 1 saturated heterocycles. The number of rotatable bonds is 6. The Morgan fingerprint density at radius 3 is 3.05 bits per heavy atom. The van der Waals surface area contributed by atoms with Gasteiger partial charge in [-0.15, -0.1) is 11.3 Å². The van der Waals surface area contributed by atoms with E-state index >= 15 is 0 Å². The number of thiazole rings is 1. The summed E-state index contributed by atoms with van der Waals surface area (Å²) >= 11 is 1.60. The van der Waals surface area contributed by atoms with E-state index < -0.39 is 5.60 Å². The second kappa shape index (κ2) is 6.02. The maximum Gasteiger partial charge on any atom is 0.255 e. The lowest BCUT2D eigenvalue weighted by atomic mass is 9.91. The highest BCUT2D eigenvalue weighted by Crippen LogP contribution is 2.32. The number of aliphatic hydroxyl groups is 1. The Morgan fingerprint density at radius 1 is 1.57 bits per heavy atom. The Balaban J connectivity index is 1.53. The summed E-state index contributed by atoms with van der Waals surface area (Å²) in [6.07, 6.45) is 3.89. The van der Waals surface area contributed by atoms with Crippen LogP contribution >= 0.6 is 11.3 Å². The molecule has 3 rings (SSSR count). The molecule has 0 aromatic carbocycles. The molecule has 1 aromatic heterocycles. The van der Waals surface area contributed by atoms with Crippen LogP contribution in [0.5, 0.6) is 0 Å². The molecule has 0 radical (unpaired) electrons. The molecule has 1 aromatic rings. The molecule has 21 heavy (non-hydrogen) atoms. The number of carbonyl (C=O) groups excluding carboxylic acids is 1. The summed E-state index contributed by atoms with van der Waals surface area (Å²) in [5, 5.41) is 16.9. The van der Waals surface area contributed by atoms with Crippen molar-refractivity contribution in [1.29, 1.82) is 0 Å². The summed E-state index contributed by atoms with van der Waals surface area (Å²) in [5.74, 6) is 0.575. The standard InChI is InChI=1S/C15H23N3O2S/c1-11-9-21-13(17-11)7-16-10-15(20)5-2-6-18(14(15)19)8-12-3-4-12/h9,12,16,20H,2-8,10H2,1H3/t15-/m0/s1. The monoisotopic (exact) mass is 309 g/mol. The summed E-state index contributed by atoms with van der Waals surface area (Å²) < 4.78 is 0. The van der Waals surface area contributed by atoms with Gasteiger partial charge in [-0.1, -0.05) is 0 Å². The fourth-order valence-corrected chi connectivity index (χ4v) is 3.62. The minimum atomic E-state index is -1.24. The van der Waals surface area contributed by atoms with Crippen LogP contribution in [-0.2, 0) is 11.3 Å². The molecule has 6 heteroatoms. The number of nitrogens with one attached hydrogen (secondary N) is 1. The number of piperidine rings is 1. The van der Waals surface area contributed by atoms with Gasteiger partial charge in [0.05, 0.1) is 0 Å². The maximum absolute atomic E-state index is 12.5. The van der Waals surface area contributed by atoms with E-state index in [0.717, 1.165) is 30.2 Å². The average molecular weight is 309 g/mol. The predicted molar refractivity (Wildman–Crippen MR) is 82.0 cm³/mol. The van der Waals surface area contributed by atoms with Gasteiger partial charge in [0.2, 0.25) is 0 Å². The molecule has 1 atom stereocenters. The molecule has 0 spiro atoms. The highest BCUT2D eigenvalue weighted by Gasteiger charge is 2.43. The van der Waals surface area contributed by atoms with Gasteiger partial charge < -0.3 is 15.3 Å². The smallest absolute Gasteiger partial charge is 0.255 e. The molecular weight excluding hydrogens is 286 g/mol. The molecule has 1 aliphatic heterocycles. The third-order valence-corrected chi connectivity index (χ3v) is 5.21. The number of amides is 1. The zero-order valence-corrected chi connectivity index (χ0v) is 13.3. The van der Waals surface area contributed by atoms with Crippen LogP contribution in [0, 0.1) is 12.8 Å². The quantitative estimate of drug-likeness (QED) is 0.831. The minimum Gasteiger partial charge on any atom is -0.379 e. The highest BCUT2D eigenvalue weighted by atomic mass is 32.1. The van der Waals surface area contributed by atoms with E-state index in [9.17, 15) is 9.90 Å². The molecule has 0 bridgehead atoms. The normalized spacial score (nSPS) is 26.4. The highest BCUT2D eigenvalue weighted by molar-refractivity contribution is 7.09. The summed E-state index contributed by atoms with van der Waals surface area (Å²) in [4.78, 5) is 18.7. The first-order valence-electron chi connectivity index (χ1n) is 7.70. The van der Waals surface area contributed by atoms with Crippen LogP contribution in [0.1, 0.15) is 36.4 Å². The van der Waals surface area contributed by atoms with Crippen LogP contribution in [0.25, 0.3) is 0 Å². The van der Waals surface area contributed by atoms with Gasteiger partial charge in [-0.3, -0.25) is 4.79 Å². The molecule has 1 saturated carbocycles. The first-order chi connectivity index (χ1) is 10.1. The first kappa shape index (κ1) is 14.9. The summed E-state index contributed by atoms with van der Waals surface area (Å²) in [6.45, 7) is 4.51. The van der Waals surface area contributed by atoms with Gasteiger partial charge in [0.25, 0.3) is 5.91 Å². The molecule has 5 nitrogen and oxygen atoms in total. The lowest BCUT2D eigenvalue weighted by Crippen LogP contribution is -2.58. The number of aryl methyl sites for hydroxylation is 1. The van der Waals surface area contributed by atoms with E-state index in [1.807, 2.05) is 17.2 Å². The Labute approximate surface area is 129 Å². The molecule has 2 aliphatic rings. The summed E-state index contributed by atoms with van der Waals surface area (Å²) in [7, 11) is 0. The van der Waals surface area contributed by atoms with Crippen LogP contribution in [0.4, 0.5) is 0 Å². The average Bonchev–Trinajstić information content (AvgIpc) is 3.17. The zero-order valence-electron chi connectivity index (χ0n) is 12.5. The van der Waals surface area contributed by atoms with Crippen molar-refractivity contribution in [2.75, 3.05) is 19.6 Å². The molecule has 1 amide bonds. The Bertz CT molecular complexity index is 515. The Hall–Kier alpha value is -0.980. The van der Waals surface area contributed by atoms with Crippen molar-refractivity contribution < 1.29 is 9.90 Å². The van der Waals surface area contributed by atoms with Crippen LogP contribution < -0.4 is 5.32 Å². The van der Waals surface area contributed by atoms with E-state index in [0.29, 0.717) is 25.4 Å². The molecule has 1 aliphatic carbocycles. The van der Waals surface area contributed by atoms with E-state index in [4.69, 9.17) is 0 Å². The number of nitrogens with zero attached hydrogens (tertiary/aromatic N) is 2.